The topological polar surface area (TPSA) is 100 Å². The Bertz CT molecular complexity index is 916. The smallest absolute Gasteiger partial charge is 0.303 e. The number of carboxylic acids is 1. The highest BCUT2D eigenvalue weighted by Crippen LogP contribution is 2.49. The highest BCUT2D eigenvalue weighted by molar-refractivity contribution is 5.88. The molecule has 2 unspecified atom stereocenters. The van der Waals surface area contributed by atoms with Gasteiger partial charge in [0.2, 0.25) is 5.91 Å². The van der Waals surface area contributed by atoms with Crippen LogP contribution in [0.2, 0.25) is 0 Å². The molecule has 0 bridgehead atoms. The van der Waals surface area contributed by atoms with Gasteiger partial charge in [-0.3, -0.25) is 9.59 Å². The van der Waals surface area contributed by atoms with Crippen LogP contribution in [-0.4, -0.2) is 61.4 Å². The van der Waals surface area contributed by atoms with Crippen molar-refractivity contribution in [3.05, 3.63) is 23.8 Å². The quantitative estimate of drug-likeness (QED) is 0.501. The Kier molecular flexibility index (Phi) is 8.57. The molecule has 1 heterocycles. The van der Waals surface area contributed by atoms with Crippen molar-refractivity contribution in [3.8, 4) is 11.5 Å². The second-order valence-corrected chi connectivity index (χ2v) is 10.2. The number of amides is 1. The van der Waals surface area contributed by atoms with Gasteiger partial charge in [0.25, 0.3) is 0 Å². The molecule has 0 spiro atoms. The van der Waals surface area contributed by atoms with E-state index in [9.17, 15) is 9.59 Å². The Labute approximate surface area is 202 Å². The lowest BCUT2D eigenvalue weighted by Gasteiger charge is -2.42. The minimum Gasteiger partial charge on any atom is -0.493 e. The molecule has 1 aromatic carbocycles. The zero-order valence-corrected chi connectivity index (χ0v) is 21.1. The number of carbonyl (C=O) groups is 2. The fourth-order valence-corrected chi connectivity index (χ4v) is 5.79. The van der Waals surface area contributed by atoms with E-state index in [0.29, 0.717) is 12.3 Å². The highest BCUT2D eigenvalue weighted by atomic mass is 16.5. The van der Waals surface area contributed by atoms with Crippen molar-refractivity contribution in [1.82, 2.24) is 10.3 Å². The van der Waals surface area contributed by atoms with E-state index in [0.717, 1.165) is 49.4 Å². The van der Waals surface area contributed by atoms with Gasteiger partial charge >= 0.3 is 5.97 Å². The fraction of sp³-hybridized carbons (Fsp3) is 0.654. The SMILES string of the molecule is COc1ccc([C@@]23CC/C(=N\NC(=O)CC(CC(=O)O)CC(C)C)CC2N(C)CC3)cc1OC. The Morgan fingerprint density at radius 1 is 1.21 bits per heavy atom. The number of methoxy groups -OCH3 is 2. The summed E-state index contributed by atoms with van der Waals surface area (Å²) in [5.41, 5.74) is 4.97. The number of rotatable bonds is 10. The summed E-state index contributed by atoms with van der Waals surface area (Å²) < 4.78 is 11.0. The Morgan fingerprint density at radius 2 is 1.94 bits per heavy atom. The fourth-order valence-electron chi connectivity index (χ4n) is 5.79. The molecule has 1 saturated carbocycles. The summed E-state index contributed by atoms with van der Waals surface area (Å²) in [5, 5.41) is 13.6. The number of carboxylic acid groups (broad SMARTS) is 1. The van der Waals surface area contributed by atoms with Crippen molar-refractivity contribution >= 4 is 17.6 Å². The first kappa shape index (κ1) is 26.0. The molecule has 1 amide bonds. The average molecular weight is 474 g/mol. The molecule has 3 rings (SSSR count). The van der Waals surface area contributed by atoms with E-state index < -0.39 is 5.97 Å². The lowest BCUT2D eigenvalue weighted by Crippen LogP contribution is -2.46. The molecule has 1 aromatic rings. The van der Waals surface area contributed by atoms with E-state index in [4.69, 9.17) is 14.6 Å². The predicted octanol–water partition coefficient (Wildman–Crippen LogP) is 3.83. The van der Waals surface area contributed by atoms with Crippen LogP contribution in [0.3, 0.4) is 0 Å². The zero-order chi connectivity index (χ0) is 24.9. The number of aliphatic carboxylic acids is 1. The molecule has 8 nitrogen and oxygen atoms in total. The Balaban J connectivity index is 1.70. The molecule has 0 aromatic heterocycles. The molecule has 8 heteroatoms. The van der Waals surface area contributed by atoms with Crippen LogP contribution >= 0.6 is 0 Å². The van der Waals surface area contributed by atoms with Crippen molar-refractivity contribution in [1.29, 1.82) is 0 Å². The maximum Gasteiger partial charge on any atom is 0.303 e. The Hall–Kier alpha value is -2.61. The largest absolute Gasteiger partial charge is 0.493 e. The van der Waals surface area contributed by atoms with E-state index in [1.807, 2.05) is 19.9 Å². The van der Waals surface area contributed by atoms with Gasteiger partial charge in [0, 0.05) is 36.4 Å². The van der Waals surface area contributed by atoms with Crippen LogP contribution in [-0.2, 0) is 15.0 Å². The summed E-state index contributed by atoms with van der Waals surface area (Å²) >= 11 is 0. The van der Waals surface area contributed by atoms with Crippen molar-refractivity contribution in [3.63, 3.8) is 0 Å². The van der Waals surface area contributed by atoms with Gasteiger partial charge in [-0.1, -0.05) is 19.9 Å². The van der Waals surface area contributed by atoms with Crippen molar-refractivity contribution in [2.75, 3.05) is 27.8 Å². The van der Waals surface area contributed by atoms with E-state index in [1.165, 1.54) is 5.56 Å². The summed E-state index contributed by atoms with van der Waals surface area (Å²) in [5.74, 6) is 0.549. The number of hydrogen-bond donors (Lipinski definition) is 2. The number of nitrogens with one attached hydrogen (secondary N) is 1. The summed E-state index contributed by atoms with van der Waals surface area (Å²) in [6, 6.07) is 6.52. The first-order valence-electron chi connectivity index (χ1n) is 12.2. The minimum absolute atomic E-state index is 0.00286. The van der Waals surface area contributed by atoms with Gasteiger partial charge in [-0.05, 0) is 68.8 Å². The maximum atomic E-state index is 12.5. The predicted molar refractivity (Wildman–Crippen MR) is 132 cm³/mol. The number of carbonyl (C=O) groups excluding carboxylic acids is 1. The molecular formula is C26H39N3O5. The number of fused-ring (bicyclic) bond motifs is 1. The standard InChI is InChI=1S/C26H39N3O5/c1-17(2)12-18(14-25(31)32)13-24(30)28-27-20-8-9-26(10-11-29(3)23(26)16-20)19-6-7-21(33-4)22(15-19)34-5/h6-7,15,17-18,23H,8-14,16H2,1-5H3,(H,28,30)(H,31,32)/b27-20+/t18?,23?,26-/m0/s1. The van der Waals surface area contributed by atoms with Gasteiger partial charge in [0.15, 0.2) is 11.5 Å². The van der Waals surface area contributed by atoms with Gasteiger partial charge in [-0.15, -0.1) is 0 Å². The highest BCUT2D eigenvalue weighted by Gasteiger charge is 2.50. The second-order valence-electron chi connectivity index (χ2n) is 10.2. The van der Waals surface area contributed by atoms with Crippen molar-refractivity contribution in [2.45, 2.75) is 70.3 Å². The average Bonchev–Trinajstić information content (AvgIpc) is 3.13. The van der Waals surface area contributed by atoms with Crippen LogP contribution in [0.5, 0.6) is 11.5 Å². The number of hydrazone groups is 1. The molecule has 3 atom stereocenters. The lowest BCUT2D eigenvalue weighted by atomic mass is 9.65. The van der Waals surface area contributed by atoms with E-state index in [1.54, 1.807) is 14.2 Å². The van der Waals surface area contributed by atoms with Crippen LogP contribution in [0.1, 0.15) is 64.4 Å². The van der Waals surface area contributed by atoms with Crippen LogP contribution in [0, 0.1) is 11.8 Å². The molecule has 2 fully saturated rings. The van der Waals surface area contributed by atoms with Crippen LogP contribution < -0.4 is 14.9 Å². The minimum atomic E-state index is -0.868. The van der Waals surface area contributed by atoms with Crippen molar-refractivity contribution in [2.24, 2.45) is 16.9 Å². The molecule has 1 saturated heterocycles. The second kappa shape index (κ2) is 11.2. The molecule has 2 N–H and O–H groups in total. The third-order valence-corrected chi connectivity index (χ3v) is 7.41. The molecule has 1 aliphatic carbocycles. The van der Waals surface area contributed by atoms with Crippen LogP contribution in [0.15, 0.2) is 23.3 Å². The third-order valence-electron chi connectivity index (χ3n) is 7.41. The lowest BCUT2D eigenvalue weighted by molar-refractivity contribution is -0.138. The van der Waals surface area contributed by atoms with Gasteiger partial charge in [-0.2, -0.15) is 5.10 Å². The van der Waals surface area contributed by atoms with Gasteiger partial charge in [-0.25, -0.2) is 5.43 Å². The molecule has 188 valence electrons. The zero-order valence-electron chi connectivity index (χ0n) is 21.1. The van der Waals surface area contributed by atoms with E-state index in [2.05, 4.69) is 34.6 Å². The summed E-state index contributed by atoms with van der Waals surface area (Å²) in [6.45, 7) is 5.08. The first-order valence-corrected chi connectivity index (χ1v) is 12.2. The molecule has 1 aliphatic heterocycles. The van der Waals surface area contributed by atoms with Crippen LogP contribution in [0.25, 0.3) is 0 Å². The van der Waals surface area contributed by atoms with Crippen molar-refractivity contribution < 1.29 is 24.2 Å². The molecule has 2 aliphatic rings. The van der Waals surface area contributed by atoms with Crippen LogP contribution in [0.4, 0.5) is 0 Å². The normalized spacial score (nSPS) is 24.6. The maximum absolute atomic E-state index is 12.5. The number of nitrogens with zero attached hydrogens (tertiary/aromatic N) is 2. The number of hydrogen-bond acceptors (Lipinski definition) is 6. The third kappa shape index (κ3) is 5.90. The summed E-state index contributed by atoms with van der Waals surface area (Å²) in [4.78, 5) is 26.1. The molecular weight excluding hydrogens is 434 g/mol. The first-order chi connectivity index (χ1) is 16.2. The Morgan fingerprint density at radius 3 is 2.59 bits per heavy atom. The molecule has 0 radical (unpaired) electrons. The van der Waals surface area contributed by atoms with E-state index >= 15 is 0 Å². The number of likely N-dealkylation sites (N-methyl/N-ethyl adjacent to an activating group) is 1. The monoisotopic (exact) mass is 473 g/mol. The summed E-state index contributed by atoms with van der Waals surface area (Å²) in [7, 11) is 5.46. The molecule has 34 heavy (non-hydrogen) atoms. The van der Waals surface area contributed by atoms with Gasteiger partial charge in [0.1, 0.15) is 0 Å². The number of likely N-dealkylation sites (tertiary alicyclic amines) is 1. The van der Waals surface area contributed by atoms with E-state index in [-0.39, 0.29) is 36.1 Å². The van der Waals surface area contributed by atoms with Gasteiger partial charge < -0.3 is 19.5 Å². The summed E-state index contributed by atoms with van der Waals surface area (Å²) in [6.07, 6.45) is 4.50. The number of ether oxygens (including phenoxy) is 2. The van der Waals surface area contributed by atoms with Gasteiger partial charge in [0.05, 0.1) is 14.2 Å². The number of benzene rings is 1.